The van der Waals surface area contributed by atoms with Crippen LogP contribution in [-0.4, -0.2) is 5.92 Å². The molecule has 4 heteroatoms. The average Bonchev–Trinajstić information content (AvgIpc) is 3.70. The molecule has 0 aromatic heterocycles. The summed E-state index contributed by atoms with van der Waals surface area (Å²) < 4.78 is 0.241. The number of fused-ring (bicyclic) bond motifs is 2. The molecule has 0 aliphatic heterocycles. The van der Waals surface area contributed by atoms with Crippen molar-refractivity contribution >= 4 is 35.1 Å². The Labute approximate surface area is 312 Å². The summed E-state index contributed by atoms with van der Waals surface area (Å²) in [5.41, 5.74) is 16.4. The Morgan fingerprint density at radius 2 is 0.960 bits per heavy atom. The molecule has 4 unspecified atom stereocenters. The van der Waals surface area contributed by atoms with Crippen molar-refractivity contribution in [1.29, 1.82) is 0 Å². The van der Waals surface area contributed by atoms with Crippen molar-refractivity contribution in [2.45, 2.75) is 112 Å². The molecular weight excluding hydrogens is 743 g/mol. The van der Waals surface area contributed by atoms with Crippen molar-refractivity contribution in [1.82, 2.24) is 0 Å². The predicted octanol–water partition coefficient (Wildman–Crippen LogP) is 15.2. The van der Waals surface area contributed by atoms with Crippen molar-refractivity contribution < 1.29 is 15.6 Å². The van der Waals surface area contributed by atoms with Crippen molar-refractivity contribution in [3.8, 4) is 22.3 Å². The molecule has 0 heterocycles. The van der Waals surface area contributed by atoms with Crippen LogP contribution in [0.15, 0.2) is 96.1 Å². The van der Waals surface area contributed by atoms with E-state index in [-0.39, 0.29) is 7.25 Å². The van der Waals surface area contributed by atoms with Crippen LogP contribution in [0, 0.1) is 0 Å². The first kappa shape index (κ1) is 37.8. The molecule has 4 atom stereocenters. The van der Waals surface area contributed by atoms with E-state index in [1.54, 1.807) is 0 Å². The summed E-state index contributed by atoms with van der Waals surface area (Å²) in [4.78, 5) is 0. The fourth-order valence-electron chi connectivity index (χ4n) is 9.03. The summed E-state index contributed by atoms with van der Waals surface area (Å²) in [6.45, 7) is 18.7. The molecule has 0 saturated carbocycles. The number of halogens is 2. The van der Waals surface area contributed by atoms with Crippen LogP contribution in [0.1, 0.15) is 133 Å². The van der Waals surface area contributed by atoms with Crippen LogP contribution in [0.25, 0.3) is 34.4 Å². The van der Waals surface area contributed by atoms with E-state index < -0.39 is 21.5 Å². The maximum atomic E-state index is 8.75. The van der Waals surface area contributed by atoms with Gasteiger partial charge in [-0.25, -0.2) is 0 Å². The molecule has 0 spiro atoms. The van der Waals surface area contributed by atoms with Crippen molar-refractivity contribution in [2.75, 3.05) is 0 Å². The summed E-state index contributed by atoms with van der Waals surface area (Å²) in [7, 11) is 17.5. The van der Waals surface area contributed by atoms with Gasteiger partial charge in [-0.15, -0.1) is 0 Å². The Morgan fingerprint density at radius 3 is 1.28 bits per heavy atom. The number of rotatable bonds is 13. The minimum absolute atomic E-state index is 0.121. The summed E-state index contributed by atoms with van der Waals surface area (Å²) in [6.07, 6.45) is 11.6. The monoisotopic (exact) mass is 797 g/mol. The molecule has 0 saturated heterocycles. The third kappa shape index (κ3) is 6.48. The normalized spacial score (nSPS) is 19.0. The molecule has 0 N–H and O–H groups in total. The number of benzene rings is 4. The van der Waals surface area contributed by atoms with Crippen LogP contribution in [0.5, 0.6) is 0 Å². The molecule has 50 heavy (non-hydrogen) atoms. The van der Waals surface area contributed by atoms with E-state index in [1.165, 1.54) is 66.8 Å². The van der Waals surface area contributed by atoms with E-state index in [2.05, 4.69) is 152 Å². The molecule has 2 aliphatic rings. The summed E-state index contributed by atoms with van der Waals surface area (Å²) >= 11 is -4.84. The van der Waals surface area contributed by atoms with Gasteiger partial charge >= 0.3 is 315 Å². The van der Waals surface area contributed by atoms with Crippen molar-refractivity contribution in [3.05, 3.63) is 129 Å². The zero-order valence-electron chi connectivity index (χ0n) is 31.6. The zero-order chi connectivity index (χ0) is 35.8. The maximum absolute atomic E-state index is 8.75. The molecule has 2 aliphatic carbocycles. The van der Waals surface area contributed by atoms with Gasteiger partial charge in [0.15, 0.2) is 0 Å². The van der Waals surface area contributed by atoms with Crippen LogP contribution in [-0.2, 0) is 15.6 Å². The number of allylic oxidation sites excluding steroid dienone is 2. The van der Waals surface area contributed by atoms with Gasteiger partial charge in [0.25, 0.3) is 0 Å². The molecule has 0 amide bonds. The van der Waals surface area contributed by atoms with Crippen LogP contribution >= 0.6 is 17.0 Å². The van der Waals surface area contributed by atoms with Crippen LogP contribution < -0.4 is 0 Å². The topological polar surface area (TPSA) is 0 Å². The molecule has 0 fully saturated rings. The predicted molar refractivity (Wildman–Crippen MR) is 223 cm³/mol. The zero-order valence-corrected chi connectivity index (χ0v) is 36.7. The van der Waals surface area contributed by atoms with Gasteiger partial charge in [0, 0.05) is 0 Å². The van der Waals surface area contributed by atoms with Gasteiger partial charge in [-0.3, -0.25) is 0 Å². The minimum atomic E-state index is -4.84. The van der Waals surface area contributed by atoms with Gasteiger partial charge in [0.2, 0.25) is 0 Å². The van der Waals surface area contributed by atoms with E-state index in [0.717, 1.165) is 38.5 Å². The van der Waals surface area contributed by atoms with Gasteiger partial charge in [-0.2, -0.15) is 0 Å². The quantitative estimate of drug-likeness (QED) is 0.118. The van der Waals surface area contributed by atoms with Crippen LogP contribution in [0.2, 0.25) is 13.1 Å². The Morgan fingerprint density at radius 1 is 0.580 bits per heavy atom. The summed E-state index contributed by atoms with van der Waals surface area (Å²) in [5, 5.41) is 0. The van der Waals surface area contributed by atoms with Gasteiger partial charge < -0.3 is 0 Å². The second-order valence-electron chi connectivity index (χ2n) is 15.7. The van der Waals surface area contributed by atoms with Gasteiger partial charge in [-0.05, 0) is 0 Å². The molecule has 4 aromatic rings. The van der Waals surface area contributed by atoms with Crippen molar-refractivity contribution in [3.63, 3.8) is 0 Å². The van der Waals surface area contributed by atoms with Gasteiger partial charge in [0.1, 0.15) is 0 Å². The Hall–Kier alpha value is -1.96. The number of hydrogen-bond acceptors (Lipinski definition) is 0. The fourth-order valence-corrected chi connectivity index (χ4v) is 40.5. The second kappa shape index (κ2) is 15.2. The molecule has 0 radical (unpaired) electrons. The molecule has 0 bridgehead atoms. The first-order valence-electron chi connectivity index (χ1n) is 19.4. The second-order valence-corrected chi connectivity index (χ2v) is 58.2. The van der Waals surface area contributed by atoms with E-state index >= 15 is 0 Å². The van der Waals surface area contributed by atoms with Crippen LogP contribution in [0.4, 0.5) is 0 Å². The standard InChI is InChI=1S/2C22H25.C2H7Si.2ClH.Zr/c2*1-4-7-17-14-20-8-6-9-21(22(20)15-17)19-12-10-18(11-13-19)16(3)5-2;1-3-2;;;/h2*6,8-16H,4-5,7H2,1-3H3;3H,1-2H3;2*1H;/q;;;;;+2/p-2. The van der Waals surface area contributed by atoms with Gasteiger partial charge in [-0.1, -0.05) is 0 Å². The average molecular weight is 800 g/mol. The van der Waals surface area contributed by atoms with Crippen LogP contribution in [0.3, 0.4) is 0 Å². The third-order valence-corrected chi connectivity index (χ3v) is 64.2. The Kier molecular flexibility index (Phi) is 11.5. The first-order chi connectivity index (χ1) is 24.0. The van der Waals surface area contributed by atoms with Crippen molar-refractivity contribution in [2.24, 2.45) is 0 Å². The molecule has 4 aromatic carbocycles. The SMILES string of the molecule is CCCC1=Cc2c(-c3ccc(C(C)CC)cc3)cccc2[CH]1[Zr]([Cl])([Cl])([CH]1C(CCC)=Cc2c(-c3ccc(C(C)CC)cc3)cccc21)[SiH](C)C. The molecule has 0 nitrogen and oxygen atoms in total. The summed E-state index contributed by atoms with van der Waals surface area (Å²) in [5.74, 6) is -0.504. The first-order valence-corrected chi connectivity index (χ1v) is 35.7. The molecule has 6 rings (SSSR count). The third-order valence-electron chi connectivity index (χ3n) is 12.4. The summed E-state index contributed by atoms with van der Waals surface area (Å²) in [6, 6.07) is 32.5. The van der Waals surface area contributed by atoms with Gasteiger partial charge in [0.05, 0.1) is 0 Å². The molecular formula is C46H57Cl2SiZr. The van der Waals surface area contributed by atoms with E-state index in [4.69, 9.17) is 17.0 Å². The number of hydrogen-bond donors (Lipinski definition) is 0. The van der Waals surface area contributed by atoms with E-state index in [9.17, 15) is 0 Å². The fraction of sp³-hybridized carbons (Fsp3) is 0.391. The van der Waals surface area contributed by atoms with E-state index in [1.807, 2.05) is 0 Å². The van der Waals surface area contributed by atoms with E-state index in [0.29, 0.717) is 11.8 Å². The molecule has 263 valence electrons. The Bertz CT molecular complexity index is 1770. The Balaban J connectivity index is 1.52.